The van der Waals surface area contributed by atoms with E-state index in [1.807, 2.05) is 84.3 Å². The van der Waals surface area contributed by atoms with E-state index in [0.717, 1.165) is 33.5 Å². The molecular formula is C35H27N3O3S2. The van der Waals surface area contributed by atoms with E-state index in [-0.39, 0.29) is 12.2 Å². The second-order valence-electron chi connectivity index (χ2n) is 10.2. The minimum Gasteiger partial charge on any atom is -0.463 e. The van der Waals surface area contributed by atoms with Crippen molar-refractivity contribution in [1.82, 2.24) is 9.13 Å². The second kappa shape index (κ2) is 11.5. The molecular weight excluding hydrogens is 575 g/mol. The van der Waals surface area contributed by atoms with Crippen molar-refractivity contribution >= 4 is 51.3 Å². The SMILES string of the molecule is CCOC(=O)C1=C(c2ccccc2)N=c2sc(=Cc3cn(Cc4ccccc4)c4ccccc34)c(=O)n2C1c1cccs1. The predicted molar refractivity (Wildman–Crippen MR) is 173 cm³/mol. The Morgan fingerprint density at radius 2 is 1.70 bits per heavy atom. The standard InChI is InChI=1S/C35H27N3O3S2/c1-2-41-34(40)30-31(24-14-7-4-8-15-24)36-35-38(32(30)28-18-11-19-42-28)33(39)29(43-35)20-25-22-37(21-23-12-5-3-6-13-23)27-17-10-9-16-26(25)27/h3-20,22,32H,2,21H2,1H3. The number of thiazole rings is 1. The van der Waals surface area contributed by atoms with Crippen LogP contribution in [0.2, 0.25) is 0 Å². The molecule has 212 valence electrons. The van der Waals surface area contributed by atoms with Crippen molar-refractivity contribution in [1.29, 1.82) is 0 Å². The van der Waals surface area contributed by atoms with Crippen LogP contribution in [0.5, 0.6) is 0 Å². The molecule has 0 spiro atoms. The maximum atomic E-state index is 14.2. The minimum absolute atomic E-state index is 0.184. The molecule has 1 atom stereocenters. The number of benzene rings is 3. The van der Waals surface area contributed by atoms with Crippen molar-refractivity contribution in [2.75, 3.05) is 6.61 Å². The van der Waals surface area contributed by atoms with E-state index in [4.69, 9.17) is 9.73 Å². The zero-order valence-corrected chi connectivity index (χ0v) is 25.0. The van der Waals surface area contributed by atoms with Gasteiger partial charge in [0.15, 0.2) is 4.80 Å². The zero-order valence-electron chi connectivity index (χ0n) is 23.3. The van der Waals surface area contributed by atoms with E-state index >= 15 is 0 Å². The summed E-state index contributed by atoms with van der Waals surface area (Å²) in [5.74, 6) is -0.471. The van der Waals surface area contributed by atoms with Crippen molar-refractivity contribution in [2.45, 2.75) is 19.5 Å². The number of para-hydroxylation sites is 1. The molecule has 6 nitrogen and oxygen atoms in total. The van der Waals surface area contributed by atoms with Gasteiger partial charge in [-0.05, 0) is 36.1 Å². The van der Waals surface area contributed by atoms with Gasteiger partial charge in [-0.2, -0.15) is 0 Å². The Bertz CT molecular complexity index is 2160. The Hall–Kier alpha value is -4.79. The largest absolute Gasteiger partial charge is 0.463 e. The van der Waals surface area contributed by atoms with Gasteiger partial charge in [0, 0.05) is 39.6 Å². The summed E-state index contributed by atoms with van der Waals surface area (Å²) >= 11 is 2.85. The van der Waals surface area contributed by atoms with Gasteiger partial charge in [-0.15, -0.1) is 11.3 Å². The summed E-state index contributed by atoms with van der Waals surface area (Å²) in [6.07, 6.45) is 4.06. The molecule has 1 aliphatic rings. The van der Waals surface area contributed by atoms with Crippen LogP contribution < -0.4 is 14.9 Å². The van der Waals surface area contributed by atoms with Crippen LogP contribution in [0.3, 0.4) is 0 Å². The monoisotopic (exact) mass is 601 g/mol. The van der Waals surface area contributed by atoms with Crippen LogP contribution in [-0.4, -0.2) is 21.7 Å². The third kappa shape index (κ3) is 4.98. The fraction of sp³-hybridized carbons (Fsp3) is 0.114. The number of thiophene rings is 1. The number of rotatable bonds is 7. The molecule has 0 N–H and O–H groups in total. The zero-order chi connectivity index (χ0) is 29.3. The van der Waals surface area contributed by atoms with Gasteiger partial charge >= 0.3 is 5.97 Å². The number of carbonyl (C=O) groups excluding carboxylic acids is 1. The molecule has 0 saturated carbocycles. The molecule has 4 heterocycles. The van der Waals surface area contributed by atoms with Crippen molar-refractivity contribution in [3.05, 3.63) is 155 Å². The Balaban J connectivity index is 1.44. The van der Waals surface area contributed by atoms with Crippen LogP contribution in [0.15, 0.2) is 124 Å². The van der Waals surface area contributed by atoms with E-state index in [1.165, 1.54) is 28.2 Å². The topological polar surface area (TPSA) is 65.6 Å². The molecule has 7 rings (SSSR count). The molecule has 1 aliphatic heterocycles. The highest BCUT2D eigenvalue weighted by atomic mass is 32.1. The maximum absolute atomic E-state index is 14.2. The molecule has 0 amide bonds. The van der Waals surface area contributed by atoms with E-state index in [2.05, 4.69) is 35.0 Å². The van der Waals surface area contributed by atoms with Gasteiger partial charge in [0.1, 0.15) is 6.04 Å². The van der Waals surface area contributed by atoms with E-state index in [0.29, 0.717) is 20.6 Å². The summed E-state index contributed by atoms with van der Waals surface area (Å²) in [5, 5.41) is 3.02. The summed E-state index contributed by atoms with van der Waals surface area (Å²) < 4.78 is 9.97. The lowest BCUT2D eigenvalue weighted by Gasteiger charge is -2.24. The van der Waals surface area contributed by atoms with E-state index in [1.54, 1.807) is 11.5 Å². The molecule has 0 aliphatic carbocycles. The molecule has 0 saturated heterocycles. The highest BCUT2D eigenvalue weighted by Crippen LogP contribution is 2.37. The third-order valence-electron chi connectivity index (χ3n) is 7.49. The Morgan fingerprint density at radius 3 is 2.44 bits per heavy atom. The van der Waals surface area contributed by atoms with Crippen LogP contribution in [0.4, 0.5) is 0 Å². The highest BCUT2D eigenvalue weighted by molar-refractivity contribution is 7.10. The highest BCUT2D eigenvalue weighted by Gasteiger charge is 2.35. The molecule has 0 fully saturated rings. The van der Waals surface area contributed by atoms with Crippen molar-refractivity contribution < 1.29 is 9.53 Å². The predicted octanol–water partition coefficient (Wildman–Crippen LogP) is 6.00. The lowest BCUT2D eigenvalue weighted by molar-refractivity contribution is -0.138. The summed E-state index contributed by atoms with van der Waals surface area (Å²) in [7, 11) is 0. The molecule has 0 bridgehead atoms. The Labute approximate surface area is 255 Å². The summed E-state index contributed by atoms with van der Waals surface area (Å²) in [4.78, 5) is 34.2. The first-order valence-corrected chi connectivity index (χ1v) is 15.8. The van der Waals surface area contributed by atoms with Gasteiger partial charge < -0.3 is 9.30 Å². The average molecular weight is 602 g/mol. The van der Waals surface area contributed by atoms with E-state index in [9.17, 15) is 9.59 Å². The Morgan fingerprint density at radius 1 is 0.953 bits per heavy atom. The minimum atomic E-state index is -0.646. The first kappa shape index (κ1) is 27.1. The number of aromatic nitrogens is 2. The van der Waals surface area contributed by atoms with Gasteiger partial charge in [0.2, 0.25) is 0 Å². The van der Waals surface area contributed by atoms with Crippen molar-refractivity contribution in [2.24, 2.45) is 4.99 Å². The summed E-state index contributed by atoms with van der Waals surface area (Å²) in [6.45, 7) is 2.72. The van der Waals surface area contributed by atoms with Gasteiger partial charge in [0.05, 0.1) is 22.4 Å². The lowest BCUT2D eigenvalue weighted by atomic mass is 9.97. The molecule has 3 aromatic carbocycles. The first-order valence-electron chi connectivity index (χ1n) is 14.1. The van der Waals surface area contributed by atoms with Crippen LogP contribution >= 0.6 is 22.7 Å². The average Bonchev–Trinajstić information content (AvgIpc) is 3.77. The number of ether oxygens (including phenoxy) is 1. The lowest BCUT2D eigenvalue weighted by Crippen LogP contribution is -2.39. The second-order valence-corrected chi connectivity index (χ2v) is 12.2. The summed E-state index contributed by atoms with van der Waals surface area (Å²) in [5.41, 5.74) is 4.77. The molecule has 0 radical (unpaired) electrons. The van der Waals surface area contributed by atoms with Gasteiger partial charge in [0.25, 0.3) is 5.56 Å². The van der Waals surface area contributed by atoms with Crippen molar-refractivity contribution in [3.63, 3.8) is 0 Å². The number of carbonyl (C=O) groups is 1. The van der Waals surface area contributed by atoms with Gasteiger partial charge in [-0.25, -0.2) is 9.79 Å². The molecule has 3 aromatic heterocycles. The van der Waals surface area contributed by atoms with Crippen LogP contribution in [0, 0.1) is 0 Å². The molecule has 8 heteroatoms. The number of nitrogens with zero attached hydrogens (tertiary/aromatic N) is 3. The first-order chi connectivity index (χ1) is 21.1. The number of hydrogen-bond donors (Lipinski definition) is 0. The normalized spacial score (nSPS) is 15.0. The van der Waals surface area contributed by atoms with Crippen LogP contribution in [0.25, 0.3) is 22.7 Å². The number of esters is 1. The molecule has 1 unspecified atom stereocenters. The smallest absolute Gasteiger partial charge is 0.338 e. The quantitative estimate of drug-likeness (QED) is 0.211. The number of fused-ring (bicyclic) bond motifs is 2. The summed E-state index contributed by atoms with van der Waals surface area (Å²) in [6, 6.07) is 31.4. The van der Waals surface area contributed by atoms with Crippen molar-refractivity contribution in [3.8, 4) is 0 Å². The molecule has 6 aromatic rings. The van der Waals surface area contributed by atoms with E-state index < -0.39 is 12.0 Å². The van der Waals surface area contributed by atoms with Crippen LogP contribution in [0.1, 0.15) is 34.5 Å². The third-order valence-corrected chi connectivity index (χ3v) is 9.40. The fourth-order valence-corrected chi connectivity index (χ4v) is 7.41. The van der Waals surface area contributed by atoms with Gasteiger partial charge in [-0.1, -0.05) is 96.3 Å². The van der Waals surface area contributed by atoms with Gasteiger partial charge in [-0.3, -0.25) is 9.36 Å². The number of hydrogen-bond acceptors (Lipinski definition) is 6. The Kier molecular flexibility index (Phi) is 7.22. The fourth-order valence-electron chi connectivity index (χ4n) is 5.60. The molecule has 43 heavy (non-hydrogen) atoms. The van der Waals surface area contributed by atoms with Crippen LogP contribution in [-0.2, 0) is 16.1 Å². The maximum Gasteiger partial charge on any atom is 0.338 e.